The Morgan fingerprint density at radius 2 is 2.12 bits per heavy atom. The SMILES string of the molecule is CC12CC1NS(=O)(=O)N(Cc1ccccc1)C2. The van der Waals surface area contributed by atoms with Crippen molar-refractivity contribution in [1.29, 1.82) is 0 Å². The Hall–Kier alpha value is -0.910. The van der Waals surface area contributed by atoms with Gasteiger partial charge in [0.05, 0.1) is 0 Å². The van der Waals surface area contributed by atoms with Crippen molar-refractivity contribution in [3.8, 4) is 0 Å². The van der Waals surface area contributed by atoms with E-state index in [1.165, 1.54) is 0 Å². The first-order valence-electron chi connectivity index (χ1n) is 5.81. The highest BCUT2D eigenvalue weighted by Gasteiger charge is 2.57. The fourth-order valence-electron chi connectivity index (χ4n) is 2.44. The van der Waals surface area contributed by atoms with Gasteiger partial charge in [0.25, 0.3) is 10.2 Å². The van der Waals surface area contributed by atoms with E-state index in [1.54, 1.807) is 4.31 Å². The van der Waals surface area contributed by atoms with Gasteiger partial charge >= 0.3 is 0 Å². The maximum atomic E-state index is 12.0. The second-order valence-corrected chi connectivity index (χ2v) is 6.99. The van der Waals surface area contributed by atoms with Crippen molar-refractivity contribution < 1.29 is 8.42 Å². The van der Waals surface area contributed by atoms with E-state index in [2.05, 4.69) is 11.6 Å². The molecule has 1 N–H and O–H groups in total. The smallest absolute Gasteiger partial charge is 0.198 e. The van der Waals surface area contributed by atoms with Crippen LogP contribution in [0.5, 0.6) is 0 Å². The molecule has 1 aliphatic heterocycles. The maximum absolute atomic E-state index is 12.0. The molecular formula is C12H16N2O2S. The monoisotopic (exact) mass is 252 g/mol. The molecule has 1 aromatic rings. The number of hydrogen-bond donors (Lipinski definition) is 1. The molecule has 0 spiro atoms. The van der Waals surface area contributed by atoms with Gasteiger partial charge in [0.1, 0.15) is 0 Å². The first kappa shape index (κ1) is 11.2. The highest BCUT2D eigenvalue weighted by atomic mass is 32.2. The highest BCUT2D eigenvalue weighted by molar-refractivity contribution is 7.87. The van der Waals surface area contributed by atoms with E-state index in [1.807, 2.05) is 30.3 Å². The van der Waals surface area contributed by atoms with Crippen LogP contribution in [0.4, 0.5) is 0 Å². The van der Waals surface area contributed by atoms with Crippen LogP contribution in [-0.4, -0.2) is 25.3 Å². The molecule has 2 unspecified atom stereocenters. The van der Waals surface area contributed by atoms with Crippen LogP contribution in [0.3, 0.4) is 0 Å². The van der Waals surface area contributed by atoms with E-state index < -0.39 is 10.2 Å². The van der Waals surface area contributed by atoms with Gasteiger partial charge in [-0.05, 0) is 17.4 Å². The van der Waals surface area contributed by atoms with Crippen molar-refractivity contribution in [2.24, 2.45) is 5.41 Å². The second kappa shape index (κ2) is 3.54. The van der Waals surface area contributed by atoms with Crippen LogP contribution in [0.1, 0.15) is 18.9 Å². The van der Waals surface area contributed by atoms with Crippen LogP contribution in [0.25, 0.3) is 0 Å². The molecule has 0 radical (unpaired) electrons. The molecule has 1 heterocycles. The first-order valence-corrected chi connectivity index (χ1v) is 7.25. The fourth-order valence-corrected chi connectivity index (χ4v) is 4.10. The van der Waals surface area contributed by atoms with Crippen LogP contribution in [0, 0.1) is 5.41 Å². The molecular weight excluding hydrogens is 236 g/mol. The standard InChI is InChI=1S/C12H16N2O2S/c1-12-7-11(12)13-17(15,16)14(9-12)8-10-5-3-2-4-6-10/h2-6,11,13H,7-9H2,1H3. The van der Waals surface area contributed by atoms with Crippen molar-refractivity contribution in [3.05, 3.63) is 35.9 Å². The Balaban J connectivity index is 1.82. The largest absolute Gasteiger partial charge is 0.280 e. The highest BCUT2D eigenvalue weighted by Crippen LogP contribution is 2.49. The maximum Gasteiger partial charge on any atom is 0.280 e. The van der Waals surface area contributed by atoms with Gasteiger partial charge in [-0.1, -0.05) is 37.3 Å². The van der Waals surface area contributed by atoms with Gasteiger partial charge in [-0.2, -0.15) is 17.4 Å². The summed E-state index contributed by atoms with van der Waals surface area (Å²) in [5.41, 5.74) is 1.17. The van der Waals surface area contributed by atoms with Gasteiger partial charge in [0.15, 0.2) is 0 Å². The minimum atomic E-state index is -3.28. The van der Waals surface area contributed by atoms with E-state index in [9.17, 15) is 8.42 Å². The lowest BCUT2D eigenvalue weighted by Gasteiger charge is -2.30. The zero-order valence-corrected chi connectivity index (χ0v) is 10.6. The molecule has 2 atom stereocenters. The van der Waals surface area contributed by atoms with Crippen molar-refractivity contribution in [3.63, 3.8) is 0 Å². The molecule has 3 rings (SSSR count). The van der Waals surface area contributed by atoms with Gasteiger partial charge in [0.2, 0.25) is 0 Å². The summed E-state index contributed by atoms with van der Waals surface area (Å²) in [5, 5.41) is 0. The summed E-state index contributed by atoms with van der Waals surface area (Å²) in [6.45, 7) is 3.22. The lowest BCUT2D eigenvalue weighted by molar-refractivity contribution is 0.302. The Morgan fingerprint density at radius 1 is 1.41 bits per heavy atom. The van der Waals surface area contributed by atoms with Gasteiger partial charge in [-0.25, -0.2) is 0 Å². The third-order valence-corrected chi connectivity index (χ3v) is 5.24. The predicted octanol–water partition coefficient (Wildman–Crippen LogP) is 1.12. The summed E-state index contributed by atoms with van der Waals surface area (Å²) in [6, 6.07) is 9.86. The van der Waals surface area contributed by atoms with Gasteiger partial charge in [-0.3, -0.25) is 0 Å². The topological polar surface area (TPSA) is 49.4 Å². The lowest BCUT2D eigenvalue weighted by Crippen LogP contribution is -2.50. The molecule has 17 heavy (non-hydrogen) atoms. The Morgan fingerprint density at radius 3 is 2.82 bits per heavy atom. The van der Waals surface area contributed by atoms with Crippen molar-refractivity contribution in [2.45, 2.75) is 25.9 Å². The molecule has 1 aromatic carbocycles. The summed E-state index contributed by atoms with van der Waals surface area (Å²) in [4.78, 5) is 0. The normalized spacial score (nSPS) is 35.2. The van der Waals surface area contributed by atoms with Gasteiger partial charge < -0.3 is 0 Å². The minimum Gasteiger partial charge on any atom is -0.198 e. The molecule has 5 heteroatoms. The third-order valence-electron chi connectivity index (χ3n) is 3.72. The molecule has 92 valence electrons. The second-order valence-electron chi connectivity index (χ2n) is 5.29. The third kappa shape index (κ3) is 1.99. The molecule has 1 saturated heterocycles. The summed E-state index contributed by atoms with van der Waals surface area (Å²) in [6.07, 6.45) is 0.956. The zero-order chi connectivity index (χ0) is 12.1. The molecule has 1 saturated carbocycles. The van der Waals surface area contributed by atoms with Crippen LogP contribution < -0.4 is 4.72 Å². The molecule has 0 amide bonds. The lowest BCUT2D eigenvalue weighted by atomic mass is 10.1. The fraction of sp³-hybridized carbons (Fsp3) is 0.500. The van der Waals surface area contributed by atoms with Gasteiger partial charge in [0, 0.05) is 19.1 Å². The molecule has 1 aliphatic carbocycles. The van der Waals surface area contributed by atoms with Crippen molar-refractivity contribution >= 4 is 10.2 Å². The Bertz CT molecular complexity index is 529. The van der Waals surface area contributed by atoms with Crippen LogP contribution >= 0.6 is 0 Å². The minimum absolute atomic E-state index is 0.139. The van der Waals surface area contributed by atoms with Gasteiger partial charge in [-0.15, -0.1) is 0 Å². The van der Waals surface area contributed by atoms with E-state index in [4.69, 9.17) is 0 Å². The Labute approximate surface area is 102 Å². The van der Waals surface area contributed by atoms with E-state index in [0.717, 1.165) is 12.0 Å². The van der Waals surface area contributed by atoms with E-state index in [0.29, 0.717) is 13.1 Å². The molecule has 2 aliphatic rings. The number of nitrogens with zero attached hydrogens (tertiary/aromatic N) is 1. The molecule has 0 bridgehead atoms. The average molecular weight is 252 g/mol. The van der Waals surface area contributed by atoms with E-state index in [-0.39, 0.29) is 11.5 Å². The van der Waals surface area contributed by atoms with Crippen LogP contribution in [0.2, 0.25) is 0 Å². The summed E-state index contributed by atoms with van der Waals surface area (Å²) in [5.74, 6) is 0. The zero-order valence-electron chi connectivity index (χ0n) is 9.76. The number of fused-ring (bicyclic) bond motifs is 1. The average Bonchev–Trinajstić information content (AvgIpc) is 2.89. The summed E-state index contributed by atoms with van der Waals surface area (Å²) in [7, 11) is -3.28. The van der Waals surface area contributed by atoms with Crippen LogP contribution in [0.15, 0.2) is 30.3 Å². The predicted molar refractivity (Wildman–Crippen MR) is 65.4 cm³/mol. The van der Waals surface area contributed by atoms with Crippen LogP contribution in [-0.2, 0) is 16.8 Å². The molecule has 2 fully saturated rings. The first-order chi connectivity index (χ1) is 8.00. The molecule has 4 nitrogen and oxygen atoms in total. The Kier molecular flexibility index (Phi) is 2.33. The number of hydrogen-bond acceptors (Lipinski definition) is 2. The van der Waals surface area contributed by atoms with Crippen molar-refractivity contribution in [2.75, 3.05) is 6.54 Å². The summed E-state index contributed by atoms with van der Waals surface area (Å²) < 4.78 is 28.2. The van der Waals surface area contributed by atoms with Crippen molar-refractivity contribution in [1.82, 2.24) is 9.03 Å². The number of benzene rings is 1. The van der Waals surface area contributed by atoms with E-state index >= 15 is 0 Å². The number of nitrogens with one attached hydrogen (secondary N) is 1. The quantitative estimate of drug-likeness (QED) is 0.857. The summed E-state index contributed by atoms with van der Waals surface area (Å²) >= 11 is 0. The molecule has 0 aromatic heterocycles. The number of rotatable bonds is 2.